The monoisotopic (exact) mass is 325 g/mol. The molecule has 1 saturated heterocycles. The molecule has 0 saturated carbocycles. The lowest BCUT2D eigenvalue weighted by molar-refractivity contribution is 0.345. The number of nitrogens with zero attached hydrogens (tertiary/aromatic N) is 4. The minimum Gasteiger partial charge on any atom is -0.366 e. The van der Waals surface area contributed by atoms with E-state index in [0.717, 1.165) is 44.4 Å². The summed E-state index contributed by atoms with van der Waals surface area (Å²) in [5, 5.41) is 3.43. The van der Waals surface area contributed by atoms with Crippen LogP contribution in [-0.4, -0.2) is 41.5 Å². The molecule has 24 heavy (non-hydrogen) atoms. The number of hydrogen-bond donors (Lipinski definition) is 1. The summed E-state index contributed by atoms with van der Waals surface area (Å²) in [5.41, 5.74) is 2.62. The maximum atomic E-state index is 4.40. The molecule has 0 spiro atoms. The molecule has 1 fully saturated rings. The average molecular weight is 325 g/mol. The highest BCUT2D eigenvalue weighted by atomic mass is 15.2. The Morgan fingerprint density at radius 1 is 1.12 bits per heavy atom. The zero-order valence-corrected chi connectivity index (χ0v) is 14.7. The van der Waals surface area contributed by atoms with Gasteiger partial charge in [0.15, 0.2) is 0 Å². The fourth-order valence-corrected chi connectivity index (χ4v) is 3.02. The van der Waals surface area contributed by atoms with Gasteiger partial charge in [0.05, 0.1) is 0 Å². The van der Waals surface area contributed by atoms with E-state index in [4.69, 9.17) is 0 Å². The number of nitrogens with one attached hydrogen (secondary N) is 1. The van der Waals surface area contributed by atoms with Crippen LogP contribution >= 0.6 is 0 Å². The van der Waals surface area contributed by atoms with E-state index in [0.29, 0.717) is 0 Å². The van der Waals surface area contributed by atoms with E-state index in [1.807, 2.05) is 0 Å². The van der Waals surface area contributed by atoms with Crippen molar-refractivity contribution < 1.29 is 0 Å². The van der Waals surface area contributed by atoms with Crippen molar-refractivity contribution in [2.24, 2.45) is 0 Å². The second-order valence-corrected chi connectivity index (χ2v) is 6.46. The van der Waals surface area contributed by atoms with Gasteiger partial charge in [-0.3, -0.25) is 0 Å². The third kappa shape index (κ3) is 4.45. The van der Waals surface area contributed by atoms with Gasteiger partial charge in [-0.15, -0.1) is 0 Å². The van der Waals surface area contributed by atoms with E-state index in [-0.39, 0.29) is 0 Å². The van der Waals surface area contributed by atoms with Crippen LogP contribution in [0.4, 0.5) is 11.6 Å². The van der Waals surface area contributed by atoms with Gasteiger partial charge in [0.1, 0.15) is 18.0 Å². The summed E-state index contributed by atoms with van der Waals surface area (Å²) in [5.74, 6) is 1.92. The van der Waals surface area contributed by atoms with Crippen LogP contribution in [0.15, 0.2) is 36.7 Å². The Kier molecular flexibility index (Phi) is 5.64. The van der Waals surface area contributed by atoms with Crippen LogP contribution in [0.3, 0.4) is 0 Å². The Labute approximate surface area is 144 Å². The van der Waals surface area contributed by atoms with Crippen LogP contribution in [0, 0.1) is 0 Å². The van der Waals surface area contributed by atoms with Gasteiger partial charge >= 0.3 is 0 Å². The zero-order valence-electron chi connectivity index (χ0n) is 14.7. The van der Waals surface area contributed by atoms with Crippen molar-refractivity contribution >= 4 is 11.6 Å². The molecule has 5 nitrogen and oxygen atoms in total. The molecule has 0 amide bonds. The van der Waals surface area contributed by atoms with Crippen molar-refractivity contribution in [1.29, 1.82) is 0 Å². The fourth-order valence-electron chi connectivity index (χ4n) is 3.02. The fraction of sp³-hybridized carbons (Fsp3) is 0.474. The van der Waals surface area contributed by atoms with E-state index < -0.39 is 0 Å². The smallest absolute Gasteiger partial charge is 0.134 e. The topological polar surface area (TPSA) is 44.3 Å². The van der Waals surface area contributed by atoms with Gasteiger partial charge in [-0.05, 0) is 37.6 Å². The minimum atomic E-state index is 0.778. The molecular weight excluding hydrogens is 298 g/mol. The normalized spacial score (nSPS) is 14.4. The first-order valence-corrected chi connectivity index (χ1v) is 8.82. The molecule has 5 heteroatoms. The summed E-state index contributed by atoms with van der Waals surface area (Å²) in [6.07, 6.45) is 4.17. The van der Waals surface area contributed by atoms with Gasteiger partial charge < -0.3 is 15.1 Å². The molecule has 0 bridgehead atoms. The molecule has 0 radical (unpaired) electrons. The second kappa shape index (κ2) is 8.11. The van der Waals surface area contributed by atoms with Gasteiger partial charge in [-0.25, -0.2) is 9.97 Å². The largest absolute Gasteiger partial charge is 0.366 e. The summed E-state index contributed by atoms with van der Waals surface area (Å²) >= 11 is 0. The van der Waals surface area contributed by atoms with Crippen molar-refractivity contribution in [1.82, 2.24) is 14.9 Å². The molecule has 3 rings (SSSR count). The average Bonchev–Trinajstić information content (AvgIpc) is 3.15. The molecule has 1 aromatic carbocycles. The Bertz CT molecular complexity index is 652. The summed E-state index contributed by atoms with van der Waals surface area (Å²) in [4.78, 5) is 13.4. The van der Waals surface area contributed by atoms with Crippen molar-refractivity contribution in [3.05, 3.63) is 47.8 Å². The zero-order chi connectivity index (χ0) is 16.8. The molecule has 0 unspecified atom stereocenters. The van der Waals surface area contributed by atoms with Crippen molar-refractivity contribution in [2.45, 2.75) is 32.9 Å². The predicted octanol–water partition coefficient (Wildman–Crippen LogP) is 3.14. The van der Waals surface area contributed by atoms with Crippen LogP contribution in [0.1, 0.15) is 30.9 Å². The first-order chi connectivity index (χ1) is 11.7. The Balaban J connectivity index is 1.61. The third-order valence-corrected chi connectivity index (χ3v) is 4.54. The standard InChI is InChI=1S/C19H27N5/c1-3-23(2)14-17-8-6-7-16(11-17)13-20-18-12-19(22-15-21-18)24-9-4-5-10-24/h6-8,11-12,15H,3-5,9-10,13-14H2,1-2H3,(H,20,21,22). The SMILES string of the molecule is CCN(C)Cc1cccc(CNc2cc(N3CCCC3)ncn2)c1. The lowest BCUT2D eigenvalue weighted by atomic mass is 10.1. The van der Waals surface area contributed by atoms with Crippen LogP contribution in [0.5, 0.6) is 0 Å². The third-order valence-electron chi connectivity index (χ3n) is 4.54. The summed E-state index contributed by atoms with van der Waals surface area (Å²) in [6.45, 7) is 7.20. The van der Waals surface area contributed by atoms with Crippen LogP contribution in [-0.2, 0) is 13.1 Å². The summed E-state index contributed by atoms with van der Waals surface area (Å²) in [7, 11) is 2.14. The maximum absolute atomic E-state index is 4.40. The molecule has 2 heterocycles. The minimum absolute atomic E-state index is 0.778. The van der Waals surface area contributed by atoms with E-state index in [1.165, 1.54) is 24.0 Å². The second-order valence-electron chi connectivity index (χ2n) is 6.46. The molecule has 1 aliphatic heterocycles. The van der Waals surface area contributed by atoms with Gasteiger partial charge in [0.2, 0.25) is 0 Å². The molecule has 1 aromatic heterocycles. The van der Waals surface area contributed by atoms with Crippen LogP contribution < -0.4 is 10.2 Å². The van der Waals surface area contributed by atoms with Gasteiger partial charge in [-0.2, -0.15) is 0 Å². The maximum Gasteiger partial charge on any atom is 0.134 e. The van der Waals surface area contributed by atoms with Crippen molar-refractivity contribution in [3.8, 4) is 0 Å². The summed E-state index contributed by atoms with van der Waals surface area (Å²) < 4.78 is 0. The summed E-state index contributed by atoms with van der Waals surface area (Å²) in [6, 6.07) is 10.8. The highest BCUT2D eigenvalue weighted by molar-refractivity contribution is 5.49. The lowest BCUT2D eigenvalue weighted by Gasteiger charge is -2.17. The molecule has 128 valence electrons. The number of rotatable bonds is 7. The van der Waals surface area contributed by atoms with E-state index in [1.54, 1.807) is 6.33 Å². The highest BCUT2D eigenvalue weighted by Gasteiger charge is 2.13. The number of benzene rings is 1. The Morgan fingerprint density at radius 2 is 1.92 bits per heavy atom. The molecule has 0 aliphatic carbocycles. The van der Waals surface area contributed by atoms with Crippen molar-refractivity contribution in [3.63, 3.8) is 0 Å². The molecule has 2 aromatic rings. The number of aromatic nitrogens is 2. The van der Waals surface area contributed by atoms with Crippen LogP contribution in [0.25, 0.3) is 0 Å². The number of anilines is 2. The van der Waals surface area contributed by atoms with Gasteiger partial charge in [0, 0.05) is 32.2 Å². The molecule has 0 atom stereocenters. The van der Waals surface area contributed by atoms with Crippen molar-refractivity contribution in [2.75, 3.05) is 36.9 Å². The van der Waals surface area contributed by atoms with E-state index >= 15 is 0 Å². The molecule has 1 N–H and O–H groups in total. The quantitative estimate of drug-likeness (QED) is 0.847. The lowest BCUT2D eigenvalue weighted by Crippen LogP contribution is -2.19. The Hall–Kier alpha value is -2.14. The highest BCUT2D eigenvalue weighted by Crippen LogP contribution is 2.19. The predicted molar refractivity (Wildman–Crippen MR) is 99.3 cm³/mol. The number of hydrogen-bond acceptors (Lipinski definition) is 5. The van der Waals surface area contributed by atoms with E-state index in [9.17, 15) is 0 Å². The first kappa shape index (κ1) is 16.7. The van der Waals surface area contributed by atoms with Gasteiger partial charge in [0.25, 0.3) is 0 Å². The van der Waals surface area contributed by atoms with E-state index in [2.05, 4.69) is 69.4 Å². The molecular formula is C19H27N5. The van der Waals surface area contributed by atoms with Crippen LogP contribution in [0.2, 0.25) is 0 Å². The first-order valence-electron chi connectivity index (χ1n) is 8.82. The molecule has 1 aliphatic rings. The van der Waals surface area contributed by atoms with Gasteiger partial charge in [-0.1, -0.05) is 31.2 Å². The Morgan fingerprint density at radius 3 is 2.71 bits per heavy atom.